The molecular weight excluding hydrogens is 169 g/mol. The number of hydrogen-bond donors (Lipinski definition) is 1. The van der Waals surface area contributed by atoms with Crippen molar-refractivity contribution in [1.82, 2.24) is 5.32 Å². The average molecular weight is 183 g/mol. The van der Waals surface area contributed by atoms with Crippen LogP contribution in [0.4, 0.5) is 4.39 Å². The smallest absolute Gasteiger partial charge is 0.126 e. The number of nitrogens with one attached hydrogen (secondary N) is 1. The van der Waals surface area contributed by atoms with E-state index in [-0.39, 0.29) is 11.9 Å². The van der Waals surface area contributed by atoms with Crippen LogP contribution in [-0.4, -0.2) is 14.2 Å². The molecular formula is C10H14FNO. The molecule has 1 N–H and O–H groups in total. The van der Waals surface area contributed by atoms with Crippen molar-refractivity contribution in [1.29, 1.82) is 0 Å². The van der Waals surface area contributed by atoms with Crippen LogP contribution in [0.1, 0.15) is 18.5 Å². The van der Waals surface area contributed by atoms with Crippen molar-refractivity contribution in [3.05, 3.63) is 29.6 Å². The Bertz CT molecular complexity index is 288. The van der Waals surface area contributed by atoms with Crippen LogP contribution in [0.3, 0.4) is 0 Å². The van der Waals surface area contributed by atoms with E-state index >= 15 is 0 Å². The summed E-state index contributed by atoms with van der Waals surface area (Å²) in [6, 6.07) is 4.72. The highest BCUT2D eigenvalue weighted by atomic mass is 19.1. The van der Waals surface area contributed by atoms with E-state index in [1.807, 2.05) is 14.0 Å². The molecule has 0 fully saturated rings. The summed E-state index contributed by atoms with van der Waals surface area (Å²) in [5.41, 5.74) is 0.964. The van der Waals surface area contributed by atoms with Gasteiger partial charge in [-0.3, -0.25) is 0 Å². The Morgan fingerprint density at radius 1 is 1.46 bits per heavy atom. The Balaban J connectivity index is 3.05. The lowest BCUT2D eigenvalue weighted by atomic mass is 10.1. The summed E-state index contributed by atoms with van der Waals surface area (Å²) in [7, 11) is 3.40. The Morgan fingerprint density at radius 3 is 2.69 bits per heavy atom. The van der Waals surface area contributed by atoms with Crippen LogP contribution in [0.25, 0.3) is 0 Å². The van der Waals surface area contributed by atoms with Crippen molar-refractivity contribution in [2.75, 3.05) is 14.2 Å². The highest BCUT2D eigenvalue weighted by Crippen LogP contribution is 2.25. The van der Waals surface area contributed by atoms with Gasteiger partial charge in [0, 0.05) is 17.7 Å². The Hall–Kier alpha value is -1.09. The minimum atomic E-state index is -0.274. The zero-order chi connectivity index (χ0) is 9.84. The Labute approximate surface area is 77.7 Å². The zero-order valence-electron chi connectivity index (χ0n) is 8.10. The SMILES string of the molecule is CNC(C)c1ccc(F)cc1OC. The van der Waals surface area contributed by atoms with Gasteiger partial charge in [-0.25, -0.2) is 4.39 Å². The summed E-state index contributed by atoms with van der Waals surface area (Å²) < 4.78 is 17.9. The molecule has 0 heterocycles. The number of halogens is 1. The van der Waals surface area contributed by atoms with E-state index < -0.39 is 0 Å². The van der Waals surface area contributed by atoms with Crippen LogP contribution < -0.4 is 10.1 Å². The third kappa shape index (κ3) is 2.18. The molecule has 1 unspecified atom stereocenters. The fourth-order valence-electron chi connectivity index (χ4n) is 1.20. The molecule has 0 radical (unpaired) electrons. The first kappa shape index (κ1) is 9.99. The first-order valence-electron chi connectivity index (χ1n) is 4.19. The van der Waals surface area contributed by atoms with E-state index in [2.05, 4.69) is 5.32 Å². The maximum Gasteiger partial charge on any atom is 0.126 e. The third-order valence-corrected chi connectivity index (χ3v) is 2.10. The normalized spacial score (nSPS) is 12.6. The number of methoxy groups -OCH3 is 1. The van der Waals surface area contributed by atoms with Crippen LogP contribution in [0.2, 0.25) is 0 Å². The topological polar surface area (TPSA) is 21.3 Å². The molecule has 1 rings (SSSR count). The fraction of sp³-hybridized carbons (Fsp3) is 0.400. The van der Waals surface area contributed by atoms with Gasteiger partial charge in [0.1, 0.15) is 11.6 Å². The summed E-state index contributed by atoms with van der Waals surface area (Å²) >= 11 is 0. The molecule has 0 spiro atoms. The number of benzene rings is 1. The van der Waals surface area contributed by atoms with Crippen LogP contribution in [0.15, 0.2) is 18.2 Å². The highest BCUT2D eigenvalue weighted by Gasteiger charge is 2.09. The van der Waals surface area contributed by atoms with Crippen molar-refractivity contribution in [2.24, 2.45) is 0 Å². The quantitative estimate of drug-likeness (QED) is 0.775. The van der Waals surface area contributed by atoms with Crippen molar-refractivity contribution < 1.29 is 9.13 Å². The van der Waals surface area contributed by atoms with Gasteiger partial charge in [-0.2, -0.15) is 0 Å². The summed E-state index contributed by atoms with van der Waals surface area (Å²) in [6.45, 7) is 2.00. The predicted octanol–water partition coefficient (Wildman–Crippen LogP) is 2.11. The van der Waals surface area contributed by atoms with E-state index in [1.165, 1.54) is 12.1 Å². The van der Waals surface area contributed by atoms with Crippen LogP contribution >= 0.6 is 0 Å². The second kappa shape index (κ2) is 4.23. The first-order chi connectivity index (χ1) is 6.19. The summed E-state index contributed by atoms with van der Waals surface area (Å²) in [4.78, 5) is 0. The van der Waals surface area contributed by atoms with Gasteiger partial charge in [0.05, 0.1) is 7.11 Å². The van der Waals surface area contributed by atoms with Crippen molar-refractivity contribution in [3.63, 3.8) is 0 Å². The predicted molar refractivity (Wildman–Crippen MR) is 50.4 cm³/mol. The fourth-order valence-corrected chi connectivity index (χ4v) is 1.20. The molecule has 0 aliphatic carbocycles. The second-order valence-electron chi connectivity index (χ2n) is 2.90. The van der Waals surface area contributed by atoms with E-state index in [0.717, 1.165) is 5.56 Å². The van der Waals surface area contributed by atoms with Crippen LogP contribution in [0.5, 0.6) is 5.75 Å². The molecule has 1 atom stereocenters. The van der Waals surface area contributed by atoms with E-state index in [0.29, 0.717) is 5.75 Å². The largest absolute Gasteiger partial charge is 0.496 e. The van der Waals surface area contributed by atoms with Crippen molar-refractivity contribution in [2.45, 2.75) is 13.0 Å². The lowest BCUT2D eigenvalue weighted by molar-refractivity contribution is 0.400. The van der Waals surface area contributed by atoms with Gasteiger partial charge in [-0.15, -0.1) is 0 Å². The lowest BCUT2D eigenvalue weighted by Crippen LogP contribution is -2.13. The maximum absolute atomic E-state index is 12.8. The average Bonchev–Trinajstić information content (AvgIpc) is 2.16. The number of rotatable bonds is 3. The van der Waals surface area contributed by atoms with Gasteiger partial charge < -0.3 is 10.1 Å². The minimum absolute atomic E-state index is 0.163. The molecule has 2 nitrogen and oxygen atoms in total. The molecule has 0 aliphatic heterocycles. The van der Waals surface area contributed by atoms with Crippen molar-refractivity contribution >= 4 is 0 Å². The Kier molecular flexibility index (Phi) is 3.25. The molecule has 1 aromatic carbocycles. The lowest BCUT2D eigenvalue weighted by Gasteiger charge is -2.14. The maximum atomic E-state index is 12.8. The summed E-state index contributed by atoms with van der Waals surface area (Å²) in [6.07, 6.45) is 0. The number of ether oxygens (including phenoxy) is 1. The zero-order valence-corrected chi connectivity index (χ0v) is 8.10. The molecule has 0 aliphatic rings. The van der Waals surface area contributed by atoms with Crippen LogP contribution in [-0.2, 0) is 0 Å². The van der Waals surface area contributed by atoms with Crippen LogP contribution in [0, 0.1) is 5.82 Å². The first-order valence-corrected chi connectivity index (χ1v) is 4.19. The number of hydrogen-bond acceptors (Lipinski definition) is 2. The molecule has 0 saturated carbocycles. The third-order valence-electron chi connectivity index (χ3n) is 2.10. The molecule has 0 saturated heterocycles. The van der Waals surface area contributed by atoms with E-state index in [1.54, 1.807) is 13.2 Å². The standard InChI is InChI=1S/C10H14FNO/c1-7(12-2)9-5-4-8(11)6-10(9)13-3/h4-7,12H,1-3H3. The minimum Gasteiger partial charge on any atom is -0.496 e. The molecule has 13 heavy (non-hydrogen) atoms. The van der Waals surface area contributed by atoms with Gasteiger partial charge in [-0.1, -0.05) is 6.07 Å². The molecule has 0 amide bonds. The van der Waals surface area contributed by atoms with Gasteiger partial charge >= 0.3 is 0 Å². The van der Waals surface area contributed by atoms with E-state index in [9.17, 15) is 4.39 Å². The summed E-state index contributed by atoms with van der Waals surface area (Å²) in [5.74, 6) is 0.311. The van der Waals surface area contributed by atoms with Gasteiger partial charge in [0.15, 0.2) is 0 Å². The van der Waals surface area contributed by atoms with Gasteiger partial charge in [0.2, 0.25) is 0 Å². The molecule has 0 bridgehead atoms. The molecule has 0 aromatic heterocycles. The molecule has 1 aromatic rings. The summed E-state index contributed by atoms with van der Waals surface area (Å²) in [5, 5.41) is 3.07. The second-order valence-corrected chi connectivity index (χ2v) is 2.90. The van der Waals surface area contributed by atoms with Crippen molar-refractivity contribution in [3.8, 4) is 5.75 Å². The van der Waals surface area contributed by atoms with Gasteiger partial charge in [0.25, 0.3) is 0 Å². The highest BCUT2D eigenvalue weighted by molar-refractivity contribution is 5.36. The molecule has 3 heteroatoms. The van der Waals surface area contributed by atoms with Gasteiger partial charge in [-0.05, 0) is 20.0 Å². The van der Waals surface area contributed by atoms with E-state index in [4.69, 9.17) is 4.74 Å². The monoisotopic (exact) mass is 183 g/mol. The molecule has 72 valence electrons. The Morgan fingerprint density at radius 2 is 2.15 bits per heavy atom.